The molecule has 0 aliphatic carbocycles. The van der Waals surface area contributed by atoms with Gasteiger partial charge in [-0.05, 0) is 24.0 Å². The highest BCUT2D eigenvalue weighted by molar-refractivity contribution is 4.40. The molecule has 0 amide bonds. The maximum Gasteiger partial charge on any atom is 0.0888 e. The number of hydrogen-bond donors (Lipinski definition) is 1. The van der Waals surface area contributed by atoms with Gasteiger partial charge in [-0.25, -0.2) is 0 Å². The molecule has 50 valence electrons. The molecule has 0 bridgehead atoms. The van der Waals surface area contributed by atoms with Crippen molar-refractivity contribution in [2.24, 2.45) is 0 Å². The molecule has 0 unspecified atom stereocenters. The highest BCUT2D eigenvalue weighted by atomic mass is 19.3. The lowest BCUT2D eigenvalue weighted by atomic mass is 10.4. The van der Waals surface area contributed by atoms with Crippen LogP contribution in [0.5, 0.6) is 0 Å². The van der Waals surface area contributed by atoms with Crippen LogP contribution in [0.1, 0.15) is 13.3 Å². The first-order chi connectivity index (χ1) is 3.91. The third kappa shape index (κ3) is 5.85. The average molecular weight is 121 g/mol. The summed E-state index contributed by atoms with van der Waals surface area (Å²) in [5, 5.41) is 3.04. The highest BCUT2D eigenvalue weighted by Gasteiger charge is 1.83. The Morgan fingerprint density at radius 3 is 2.88 bits per heavy atom. The first kappa shape index (κ1) is 7.85. The van der Waals surface area contributed by atoms with Crippen molar-refractivity contribution in [3.8, 4) is 0 Å². The van der Waals surface area contributed by atoms with Gasteiger partial charge in [0.1, 0.15) is 0 Å². The van der Waals surface area contributed by atoms with Crippen molar-refractivity contribution in [2.75, 3.05) is 19.7 Å². The fraction of sp³-hybridized carbons (Fsp3) is 1.00. The van der Waals surface area contributed by atoms with Gasteiger partial charge in [0.15, 0.2) is 0 Å². The van der Waals surface area contributed by atoms with Crippen molar-refractivity contribution >= 4 is 0 Å². The normalized spacial score (nSPS) is 9.75. The standard InChI is InChI=1S/C5H12FNO/c1-2-7-4-3-5-8-6/h7H,2-5H2,1H3. The first-order valence-electron chi connectivity index (χ1n) is 2.86. The molecule has 0 aromatic rings. The zero-order chi connectivity index (χ0) is 6.24. The minimum Gasteiger partial charge on any atom is -0.317 e. The van der Waals surface area contributed by atoms with E-state index in [4.69, 9.17) is 0 Å². The molecule has 1 N–H and O–H groups in total. The van der Waals surface area contributed by atoms with Crippen molar-refractivity contribution in [2.45, 2.75) is 13.3 Å². The van der Waals surface area contributed by atoms with Crippen molar-refractivity contribution in [3.05, 3.63) is 0 Å². The van der Waals surface area contributed by atoms with Gasteiger partial charge in [0.05, 0.1) is 6.61 Å². The second-order valence-electron chi connectivity index (χ2n) is 1.52. The Bertz CT molecular complexity index is 37.4. The van der Waals surface area contributed by atoms with E-state index in [2.05, 4.69) is 10.3 Å². The van der Waals surface area contributed by atoms with Gasteiger partial charge in [0.25, 0.3) is 0 Å². The Balaban J connectivity index is 2.53. The van der Waals surface area contributed by atoms with E-state index in [-0.39, 0.29) is 6.61 Å². The summed E-state index contributed by atoms with van der Waals surface area (Å²) in [5.74, 6) is 0. The third-order valence-corrected chi connectivity index (χ3v) is 0.825. The Hall–Kier alpha value is -0.150. The van der Waals surface area contributed by atoms with E-state index in [9.17, 15) is 4.53 Å². The number of rotatable bonds is 5. The van der Waals surface area contributed by atoms with Gasteiger partial charge in [0.2, 0.25) is 0 Å². The Morgan fingerprint density at radius 1 is 1.62 bits per heavy atom. The minimum absolute atomic E-state index is 0.201. The van der Waals surface area contributed by atoms with E-state index in [1.54, 1.807) is 0 Å². The summed E-state index contributed by atoms with van der Waals surface area (Å²) >= 11 is 0. The van der Waals surface area contributed by atoms with Gasteiger partial charge in [-0.15, -0.1) is 0 Å². The van der Waals surface area contributed by atoms with Crippen molar-refractivity contribution in [3.63, 3.8) is 0 Å². The van der Waals surface area contributed by atoms with E-state index in [1.165, 1.54) is 0 Å². The van der Waals surface area contributed by atoms with Crippen LogP contribution in [0.25, 0.3) is 0 Å². The fourth-order valence-electron chi connectivity index (χ4n) is 0.428. The number of halogens is 1. The molecule has 0 saturated heterocycles. The van der Waals surface area contributed by atoms with Gasteiger partial charge in [-0.3, -0.25) is 0 Å². The molecule has 0 fully saturated rings. The summed E-state index contributed by atoms with van der Waals surface area (Å²) in [5.41, 5.74) is 0. The molecule has 0 aromatic carbocycles. The maximum atomic E-state index is 10.9. The minimum atomic E-state index is 0.201. The predicted octanol–water partition coefficient (Wildman–Crippen LogP) is 0.887. The van der Waals surface area contributed by atoms with E-state index in [1.807, 2.05) is 6.92 Å². The number of hydrogen-bond acceptors (Lipinski definition) is 2. The van der Waals surface area contributed by atoms with Crippen molar-refractivity contribution in [1.82, 2.24) is 5.32 Å². The summed E-state index contributed by atoms with van der Waals surface area (Å²) in [4.78, 5) is 3.35. The summed E-state index contributed by atoms with van der Waals surface area (Å²) in [6.07, 6.45) is 0.740. The fourth-order valence-corrected chi connectivity index (χ4v) is 0.428. The van der Waals surface area contributed by atoms with Gasteiger partial charge in [-0.1, -0.05) is 6.92 Å². The summed E-state index contributed by atoms with van der Waals surface area (Å²) in [6.45, 7) is 3.98. The molecule has 0 saturated carbocycles. The number of nitrogens with one attached hydrogen (secondary N) is 1. The summed E-state index contributed by atoms with van der Waals surface area (Å²) < 4.78 is 10.9. The Kier molecular flexibility index (Phi) is 6.72. The molecule has 8 heavy (non-hydrogen) atoms. The molecule has 2 nitrogen and oxygen atoms in total. The van der Waals surface area contributed by atoms with Crippen LogP contribution in [0.3, 0.4) is 0 Å². The molecule has 0 radical (unpaired) electrons. The van der Waals surface area contributed by atoms with Crippen LogP contribution < -0.4 is 5.32 Å². The molecule has 0 aliphatic rings. The predicted molar refractivity (Wildman–Crippen MR) is 30.2 cm³/mol. The lowest BCUT2D eigenvalue weighted by Crippen LogP contribution is -2.14. The molecular formula is C5H12FNO. The Labute approximate surface area is 48.9 Å². The topological polar surface area (TPSA) is 21.3 Å². The molecule has 0 aromatic heterocycles. The van der Waals surface area contributed by atoms with Gasteiger partial charge >= 0.3 is 0 Å². The Morgan fingerprint density at radius 2 is 2.38 bits per heavy atom. The molecule has 0 atom stereocenters. The summed E-state index contributed by atoms with van der Waals surface area (Å²) in [7, 11) is 0. The smallest absolute Gasteiger partial charge is 0.0888 e. The van der Waals surface area contributed by atoms with Crippen LogP contribution in [0.15, 0.2) is 0 Å². The molecule has 0 heterocycles. The lowest BCUT2D eigenvalue weighted by Gasteiger charge is -1.95. The van der Waals surface area contributed by atoms with E-state index >= 15 is 0 Å². The zero-order valence-corrected chi connectivity index (χ0v) is 5.11. The van der Waals surface area contributed by atoms with Crippen LogP contribution in [-0.4, -0.2) is 19.7 Å². The molecular weight excluding hydrogens is 109 g/mol. The van der Waals surface area contributed by atoms with Crippen molar-refractivity contribution < 1.29 is 9.47 Å². The largest absolute Gasteiger partial charge is 0.317 e. The van der Waals surface area contributed by atoms with Gasteiger partial charge in [0, 0.05) is 0 Å². The van der Waals surface area contributed by atoms with Gasteiger partial charge < -0.3 is 5.32 Å². The SMILES string of the molecule is CCNCCCOF. The van der Waals surface area contributed by atoms with Crippen molar-refractivity contribution in [1.29, 1.82) is 0 Å². The first-order valence-corrected chi connectivity index (χ1v) is 2.86. The quantitative estimate of drug-likeness (QED) is 0.545. The van der Waals surface area contributed by atoms with Gasteiger partial charge in [-0.2, -0.15) is 4.94 Å². The molecule has 3 heteroatoms. The summed E-state index contributed by atoms with van der Waals surface area (Å²) in [6, 6.07) is 0. The molecule has 0 aliphatic heterocycles. The van der Waals surface area contributed by atoms with E-state index in [0.29, 0.717) is 0 Å². The second-order valence-corrected chi connectivity index (χ2v) is 1.52. The average Bonchev–Trinajstić information content (AvgIpc) is 1.81. The molecule has 0 spiro atoms. The second kappa shape index (κ2) is 6.85. The van der Waals surface area contributed by atoms with E-state index in [0.717, 1.165) is 19.5 Å². The lowest BCUT2D eigenvalue weighted by molar-refractivity contribution is -0.132. The van der Waals surface area contributed by atoms with Crippen LogP contribution in [0.2, 0.25) is 0 Å². The third-order valence-electron chi connectivity index (χ3n) is 0.825. The zero-order valence-electron chi connectivity index (χ0n) is 5.11. The highest BCUT2D eigenvalue weighted by Crippen LogP contribution is 1.78. The van der Waals surface area contributed by atoms with E-state index < -0.39 is 0 Å². The monoisotopic (exact) mass is 121 g/mol. The van der Waals surface area contributed by atoms with Crippen LogP contribution in [0, 0.1) is 0 Å². The van der Waals surface area contributed by atoms with Crippen LogP contribution >= 0.6 is 0 Å². The molecule has 0 rings (SSSR count). The maximum absolute atomic E-state index is 10.9. The van der Waals surface area contributed by atoms with Crippen LogP contribution in [-0.2, 0) is 4.94 Å². The van der Waals surface area contributed by atoms with Crippen LogP contribution in [0.4, 0.5) is 4.53 Å².